The van der Waals surface area contributed by atoms with Gasteiger partial charge in [-0.05, 0) is 44.9 Å². The molecule has 0 aliphatic heterocycles. The normalized spacial score (nSPS) is 11.0. The summed E-state index contributed by atoms with van der Waals surface area (Å²) >= 11 is 0. The Labute approximate surface area is 96.9 Å². The highest BCUT2D eigenvalue weighted by Gasteiger charge is 2.18. The average molecular weight is 218 g/mol. The van der Waals surface area contributed by atoms with Crippen LogP contribution in [0.25, 0.3) is 6.08 Å². The Balaban J connectivity index is 2.97. The number of benzene rings is 1. The van der Waals surface area contributed by atoms with Gasteiger partial charge in [-0.2, -0.15) is 0 Å². The summed E-state index contributed by atoms with van der Waals surface area (Å²) in [6.07, 6.45) is 1.76. The summed E-state index contributed by atoms with van der Waals surface area (Å²) in [5, 5.41) is 0. The molecule has 0 aliphatic carbocycles. The van der Waals surface area contributed by atoms with Crippen molar-refractivity contribution >= 4 is 12.0 Å². The van der Waals surface area contributed by atoms with E-state index in [9.17, 15) is 4.79 Å². The van der Waals surface area contributed by atoms with E-state index in [1.165, 1.54) is 0 Å². The van der Waals surface area contributed by atoms with Gasteiger partial charge in [0.2, 0.25) is 0 Å². The molecule has 2 heteroatoms. The van der Waals surface area contributed by atoms with Gasteiger partial charge in [-0.15, -0.1) is 0 Å². The van der Waals surface area contributed by atoms with Crippen molar-refractivity contribution in [1.82, 2.24) is 0 Å². The van der Waals surface area contributed by atoms with Gasteiger partial charge < -0.3 is 4.74 Å². The fourth-order valence-electron chi connectivity index (χ4n) is 1.38. The topological polar surface area (TPSA) is 26.3 Å². The number of ether oxygens (including phenoxy) is 1. The molecule has 2 nitrogen and oxygen atoms in total. The molecule has 1 rings (SSSR count). The molecule has 0 aliphatic rings. The standard InChI is InChI=1S/C14H18O2/c1-6-11-7-8-12(10(2)9-11)13(15)16-14(3,4)5/h6-9H,1H2,2-5H3. The highest BCUT2D eigenvalue weighted by molar-refractivity contribution is 5.91. The van der Waals surface area contributed by atoms with Crippen LogP contribution < -0.4 is 0 Å². The van der Waals surface area contributed by atoms with Crippen LogP contribution in [0.2, 0.25) is 0 Å². The Bertz CT molecular complexity index is 411. The Morgan fingerprint density at radius 3 is 2.44 bits per heavy atom. The molecule has 0 aromatic heterocycles. The molecule has 0 fully saturated rings. The zero-order valence-electron chi connectivity index (χ0n) is 10.3. The number of aryl methyl sites for hydroxylation is 1. The summed E-state index contributed by atoms with van der Waals surface area (Å²) in [5.74, 6) is -0.277. The van der Waals surface area contributed by atoms with Gasteiger partial charge in [-0.1, -0.05) is 24.8 Å². The first-order valence-electron chi connectivity index (χ1n) is 5.30. The van der Waals surface area contributed by atoms with Gasteiger partial charge in [0.1, 0.15) is 5.60 Å². The third-order valence-electron chi connectivity index (χ3n) is 2.10. The molecule has 0 radical (unpaired) electrons. The van der Waals surface area contributed by atoms with Crippen molar-refractivity contribution in [1.29, 1.82) is 0 Å². The Hall–Kier alpha value is -1.57. The van der Waals surface area contributed by atoms with E-state index >= 15 is 0 Å². The van der Waals surface area contributed by atoms with Crippen LogP contribution in [0.5, 0.6) is 0 Å². The van der Waals surface area contributed by atoms with Crippen LogP contribution in [-0.2, 0) is 4.74 Å². The maximum atomic E-state index is 11.8. The molecule has 0 N–H and O–H groups in total. The maximum absolute atomic E-state index is 11.8. The highest BCUT2D eigenvalue weighted by atomic mass is 16.6. The molecule has 16 heavy (non-hydrogen) atoms. The summed E-state index contributed by atoms with van der Waals surface area (Å²) in [6, 6.07) is 5.56. The minimum absolute atomic E-state index is 0.277. The highest BCUT2D eigenvalue weighted by Crippen LogP contribution is 2.16. The molecule has 0 amide bonds. The Morgan fingerprint density at radius 2 is 2.00 bits per heavy atom. The van der Waals surface area contributed by atoms with Crippen LogP contribution in [0, 0.1) is 6.92 Å². The fraction of sp³-hybridized carbons (Fsp3) is 0.357. The van der Waals surface area contributed by atoms with Crippen LogP contribution in [0.4, 0.5) is 0 Å². The van der Waals surface area contributed by atoms with E-state index in [1.807, 2.05) is 39.8 Å². The van der Waals surface area contributed by atoms with E-state index in [0.29, 0.717) is 5.56 Å². The van der Waals surface area contributed by atoms with Gasteiger partial charge in [0.15, 0.2) is 0 Å². The molecule has 0 unspecified atom stereocenters. The lowest BCUT2D eigenvalue weighted by atomic mass is 10.0. The van der Waals surface area contributed by atoms with E-state index in [0.717, 1.165) is 11.1 Å². The van der Waals surface area contributed by atoms with Crippen molar-refractivity contribution in [3.8, 4) is 0 Å². The van der Waals surface area contributed by atoms with E-state index in [2.05, 4.69) is 6.58 Å². The van der Waals surface area contributed by atoms with Crippen LogP contribution in [-0.4, -0.2) is 11.6 Å². The molecular weight excluding hydrogens is 200 g/mol. The van der Waals surface area contributed by atoms with Gasteiger partial charge in [-0.3, -0.25) is 0 Å². The molecular formula is C14H18O2. The van der Waals surface area contributed by atoms with Gasteiger partial charge in [-0.25, -0.2) is 4.79 Å². The van der Waals surface area contributed by atoms with Crippen LogP contribution in [0.3, 0.4) is 0 Å². The molecule has 0 spiro atoms. The lowest BCUT2D eigenvalue weighted by molar-refractivity contribution is 0.00688. The fourth-order valence-corrected chi connectivity index (χ4v) is 1.38. The zero-order chi connectivity index (χ0) is 12.3. The molecule has 1 aromatic rings. The van der Waals surface area contributed by atoms with Crippen molar-refractivity contribution in [2.45, 2.75) is 33.3 Å². The molecule has 1 aromatic carbocycles. The Morgan fingerprint density at radius 1 is 1.38 bits per heavy atom. The number of carbonyl (C=O) groups excluding carboxylic acids is 1. The van der Waals surface area contributed by atoms with Gasteiger partial charge in [0, 0.05) is 0 Å². The third-order valence-corrected chi connectivity index (χ3v) is 2.10. The SMILES string of the molecule is C=Cc1ccc(C(=O)OC(C)(C)C)c(C)c1. The lowest BCUT2D eigenvalue weighted by Crippen LogP contribution is -2.24. The van der Waals surface area contributed by atoms with Crippen LogP contribution in [0.15, 0.2) is 24.8 Å². The number of hydrogen-bond donors (Lipinski definition) is 0. The third kappa shape index (κ3) is 3.23. The Kier molecular flexibility index (Phi) is 3.53. The van der Waals surface area contributed by atoms with Crippen LogP contribution in [0.1, 0.15) is 42.3 Å². The largest absolute Gasteiger partial charge is 0.456 e. The number of carbonyl (C=O) groups is 1. The molecule has 0 saturated heterocycles. The van der Waals surface area contributed by atoms with E-state index in [-0.39, 0.29) is 5.97 Å². The predicted octanol–water partition coefficient (Wildman–Crippen LogP) is 3.59. The molecule has 0 atom stereocenters. The number of hydrogen-bond acceptors (Lipinski definition) is 2. The lowest BCUT2D eigenvalue weighted by Gasteiger charge is -2.20. The zero-order valence-corrected chi connectivity index (χ0v) is 10.3. The smallest absolute Gasteiger partial charge is 0.338 e. The maximum Gasteiger partial charge on any atom is 0.338 e. The van der Waals surface area contributed by atoms with Crippen molar-refractivity contribution in [3.63, 3.8) is 0 Å². The molecule has 0 saturated carbocycles. The summed E-state index contributed by atoms with van der Waals surface area (Å²) in [5.41, 5.74) is 2.07. The average Bonchev–Trinajstić information content (AvgIpc) is 2.14. The van der Waals surface area contributed by atoms with Crippen molar-refractivity contribution in [2.24, 2.45) is 0 Å². The molecule has 0 heterocycles. The monoisotopic (exact) mass is 218 g/mol. The number of esters is 1. The first kappa shape index (κ1) is 12.5. The van der Waals surface area contributed by atoms with Crippen molar-refractivity contribution in [2.75, 3.05) is 0 Å². The van der Waals surface area contributed by atoms with Crippen molar-refractivity contribution in [3.05, 3.63) is 41.5 Å². The van der Waals surface area contributed by atoms with E-state index in [4.69, 9.17) is 4.74 Å². The van der Waals surface area contributed by atoms with Gasteiger partial charge in [0.05, 0.1) is 5.56 Å². The summed E-state index contributed by atoms with van der Waals surface area (Å²) in [6.45, 7) is 11.2. The van der Waals surface area contributed by atoms with Gasteiger partial charge >= 0.3 is 5.97 Å². The van der Waals surface area contributed by atoms with Crippen molar-refractivity contribution < 1.29 is 9.53 Å². The van der Waals surface area contributed by atoms with Crippen LogP contribution >= 0.6 is 0 Å². The first-order chi connectivity index (χ1) is 7.33. The van der Waals surface area contributed by atoms with E-state index < -0.39 is 5.60 Å². The second-order valence-corrected chi connectivity index (χ2v) is 4.78. The van der Waals surface area contributed by atoms with E-state index in [1.54, 1.807) is 12.1 Å². The second-order valence-electron chi connectivity index (χ2n) is 4.78. The first-order valence-corrected chi connectivity index (χ1v) is 5.30. The molecule has 86 valence electrons. The minimum Gasteiger partial charge on any atom is -0.456 e. The summed E-state index contributed by atoms with van der Waals surface area (Å²) in [7, 11) is 0. The summed E-state index contributed by atoms with van der Waals surface area (Å²) in [4.78, 5) is 11.8. The summed E-state index contributed by atoms with van der Waals surface area (Å²) < 4.78 is 5.31. The molecule has 0 bridgehead atoms. The second kappa shape index (κ2) is 4.52. The minimum atomic E-state index is -0.458. The van der Waals surface area contributed by atoms with Gasteiger partial charge in [0.25, 0.3) is 0 Å². The number of rotatable bonds is 2. The quantitative estimate of drug-likeness (QED) is 0.709. The predicted molar refractivity (Wildman–Crippen MR) is 66.4 cm³/mol.